The lowest BCUT2D eigenvalue weighted by molar-refractivity contribution is -0.137. The third-order valence-corrected chi connectivity index (χ3v) is 2.53. The van der Waals surface area contributed by atoms with Crippen LogP contribution in [0.25, 0.3) is 0 Å². The summed E-state index contributed by atoms with van der Waals surface area (Å²) < 4.78 is 0. The van der Waals surface area contributed by atoms with Crippen LogP contribution in [0.15, 0.2) is 24.3 Å². The number of aliphatic carboxylic acids is 1. The summed E-state index contributed by atoms with van der Waals surface area (Å²) in [6.45, 7) is 1.98. The fraction of sp³-hybridized carbons (Fsp3) is 0.273. The van der Waals surface area contributed by atoms with Gasteiger partial charge in [0.15, 0.2) is 5.82 Å². The minimum atomic E-state index is -0.889. The van der Waals surface area contributed by atoms with Crippen LogP contribution in [0.1, 0.15) is 29.3 Å². The van der Waals surface area contributed by atoms with Crippen LogP contribution >= 0.6 is 0 Å². The number of H-pyrrole nitrogens is 1. The molecule has 0 bridgehead atoms. The second kappa shape index (κ2) is 4.73. The lowest BCUT2D eigenvalue weighted by atomic mass is 9.94. The lowest BCUT2D eigenvalue weighted by Crippen LogP contribution is -2.09. The molecule has 1 unspecified atom stereocenters. The number of nitrogens with one attached hydrogen (secondary N) is 1. The van der Waals surface area contributed by atoms with Crippen LogP contribution in [0, 0.1) is 6.92 Å². The summed E-state index contributed by atoms with van der Waals surface area (Å²) in [5.74, 6) is -0.858. The molecule has 6 nitrogen and oxygen atoms in total. The van der Waals surface area contributed by atoms with Crippen LogP contribution in [-0.4, -0.2) is 31.7 Å². The summed E-state index contributed by atoms with van der Waals surface area (Å²) in [5, 5.41) is 22.4. The van der Waals surface area contributed by atoms with Gasteiger partial charge >= 0.3 is 5.97 Å². The Morgan fingerprint density at radius 3 is 2.65 bits per heavy atom. The van der Waals surface area contributed by atoms with Crippen LogP contribution in [-0.2, 0) is 4.79 Å². The van der Waals surface area contributed by atoms with Crippen molar-refractivity contribution in [2.75, 3.05) is 0 Å². The summed E-state index contributed by atoms with van der Waals surface area (Å²) in [5.41, 5.74) is 2.00. The Bertz CT molecular complexity index is 493. The molecule has 1 aromatic heterocycles. The Morgan fingerprint density at radius 2 is 2.12 bits per heavy atom. The number of carbonyl (C=O) groups is 1. The average Bonchev–Trinajstić information content (AvgIpc) is 2.80. The largest absolute Gasteiger partial charge is 0.481 e. The first-order valence-corrected chi connectivity index (χ1v) is 5.18. The number of rotatable bonds is 4. The van der Waals surface area contributed by atoms with Gasteiger partial charge in [-0.1, -0.05) is 35.0 Å². The molecule has 0 aliphatic rings. The Morgan fingerprint density at radius 1 is 1.41 bits per heavy atom. The van der Waals surface area contributed by atoms with Crippen LogP contribution in [0.3, 0.4) is 0 Å². The standard InChI is InChI=1S/C11H12N4O2/c1-7-2-4-8(5-3-7)9(6-10(16)17)11-12-14-15-13-11/h2-5,9H,6H2,1H3,(H,16,17)(H,12,13,14,15). The van der Waals surface area contributed by atoms with E-state index in [1.165, 1.54) is 0 Å². The third-order valence-electron chi connectivity index (χ3n) is 2.53. The number of hydrogen-bond acceptors (Lipinski definition) is 4. The summed E-state index contributed by atoms with van der Waals surface area (Å²) in [6.07, 6.45) is -0.0530. The van der Waals surface area contributed by atoms with Crippen molar-refractivity contribution in [2.24, 2.45) is 0 Å². The highest BCUT2D eigenvalue weighted by molar-refractivity contribution is 5.68. The molecule has 2 N–H and O–H groups in total. The number of carboxylic acid groups (broad SMARTS) is 1. The van der Waals surface area contributed by atoms with Gasteiger partial charge in [-0.3, -0.25) is 4.79 Å². The van der Waals surface area contributed by atoms with E-state index < -0.39 is 5.97 Å². The van der Waals surface area contributed by atoms with Gasteiger partial charge in [-0.05, 0) is 12.5 Å². The second-order valence-corrected chi connectivity index (χ2v) is 3.83. The number of benzene rings is 1. The van der Waals surface area contributed by atoms with Crippen molar-refractivity contribution in [3.8, 4) is 0 Å². The summed E-state index contributed by atoms with van der Waals surface area (Å²) in [7, 11) is 0. The molecule has 0 amide bonds. The van der Waals surface area contributed by atoms with E-state index >= 15 is 0 Å². The monoisotopic (exact) mass is 232 g/mol. The molecule has 2 rings (SSSR count). The third kappa shape index (κ3) is 2.66. The van der Waals surface area contributed by atoms with Crippen LogP contribution in [0.4, 0.5) is 0 Å². The van der Waals surface area contributed by atoms with Crippen molar-refractivity contribution in [3.05, 3.63) is 41.2 Å². The SMILES string of the molecule is Cc1ccc(C(CC(=O)O)c2nn[nH]n2)cc1. The van der Waals surface area contributed by atoms with Crippen LogP contribution < -0.4 is 0 Å². The predicted molar refractivity (Wildman–Crippen MR) is 59.5 cm³/mol. The number of carboxylic acids is 1. The fourth-order valence-electron chi connectivity index (χ4n) is 1.65. The molecule has 0 saturated carbocycles. The van der Waals surface area contributed by atoms with E-state index in [-0.39, 0.29) is 12.3 Å². The van der Waals surface area contributed by atoms with E-state index in [2.05, 4.69) is 20.6 Å². The highest BCUT2D eigenvalue weighted by Gasteiger charge is 2.21. The molecular weight excluding hydrogens is 220 g/mol. The maximum Gasteiger partial charge on any atom is 0.304 e. The number of tetrazole rings is 1. The zero-order valence-electron chi connectivity index (χ0n) is 9.29. The molecule has 0 aliphatic carbocycles. The molecule has 88 valence electrons. The molecule has 0 fully saturated rings. The van der Waals surface area contributed by atoms with Gasteiger partial charge < -0.3 is 5.11 Å². The molecule has 6 heteroatoms. The van der Waals surface area contributed by atoms with Gasteiger partial charge in [-0.15, -0.1) is 10.2 Å². The number of hydrogen-bond donors (Lipinski definition) is 2. The zero-order chi connectivity index (χ0) is 12.3. The van der Waals surface area contributed by atoms with Gasteiger partial charge in [0.25, 0.3) is 0 Å². The van der Waals surface area contributed by atoms with Gasteiger partial charge in [-0.25, -0.2) is 0 Å². The maximum atomic E-state index is 10.9. The molecule has 1 aromatic carbocycles. The van der Waals surface area contributed by atoms with Crippen LogP contribution in [0.2, 0.25) is 0 Å². The second-order valence-electron chi connectivity index (χ2n) is 3.83. The van der Waals surface area contributed by atoms with E-state index in [0.29, 0.717) is 5.82 Å². The molecule has 0 radical (unpaired) electrons. The number of aromatic nitrogens is 4. The van der Waals surface area contributed by atoms with E-state index in [9.17, 15) is 4.79 Å². The van der Waals surface area contributed by atoms with Gasteiger partial charge in [0.05, 0.1) is 12.3 Å². The zero-order valence-corrected chi connectivity index (χ0v) is 9.29. The van der Waals surface area contributed by atoms with Crippen LogP contribution in [0.5, 0.6) is 0 Å². The van der Waals surface area contributed by atoms with E-state index in [0.717, 1.165) is 11.1 Å². The predicted octanol–water partition coefficient (Wildman–Crippen LogP) is 1.11. The van der Waals surface area contributed by atoms with Gasteiger partial charge in [-0.2, -0.15) is 5.21 Å². The van der Waals surface area contributed by atoms with E-state index in [1.807, 2.05) is 31.2 Å². The van der Waals surface area contributed by atoms with Crippen molar-refractivity contribution in [3.63, 3.8) is 0 Å². The van der Waals surface area contributed by atoms with Gasteiger partial charge in [0.2, 0.25) is 0 Å². The molecule has 0 saturated heterocycles. The normalized spacial score (nSPS) is 12.3. The average molecular weight is 232 g/mol. The Labute approximate surface area is 97.7 Å². The van der Waals surface area contributed by atoms with Crippen molar-refractivity contribution in [2.45, 2.75) is 19.3 Å². The molecule has 2 aromatic rings. The maximum absolute atomic E-state index is 10.9. The Kier molecular flexibility index (Phi) is 3.13. The molecular formula is C11H12N4O2. The highest BCUT2D eigenvalue weighted by Crippen LogP contribution is 2.24. The van der Waals surface area contributed by atoms with Gasteiger partial charge in [0.1, 0.15) is 0 Å². The minimum Gasteiger partial charge on any atom is -0.481 e. The van der Waals surface area contributed by atoms with E-state index in [1.54, 1.807) is 0 Å². The minimum absolute atomic E-state index is 0.0530. The molecule has 0 aliphatic heterocycles. The number of aromatic amines is 1. The number of nitrogens with zero attached hydrogens (tertiary/aromatic N) is 3. The smallest absolute Gasteiger partial charge is 0.304 e. The highest BCUT2D eigenvalue weighted by atomic mass is 16.4. The van der Waals surface area contributed by atoms with Crippen molar-refractivity contribution < 1.29 is 9.90 Å². The summed E-state index contributed by atoms with van der Waals surface area (Å²) in [6, 6.07) is 7.65. The lowest BCUT2D eigenvalue weighted by Gasteiger charge is -2.11. The van der Waals surface area contributed by atoms with Crippen molar-refractivity contribution in [1.82, 2.24) is 20.6 Å². The first-order valence-electron chi connectivity index (χ1n) is 5.18. The summed E-state index contributed by atoms with van der Waals surface area (Å²) in [4.78, 5) is 10.9. The number of aryl methyl sites for hydroxylation is 1. The first-order chi connectivity index (χ1) is 8.16. The van der Waals surface area contributed by atoms with Gasteiger partial charge in [0, 0.05) is 0 Å². The van der Waals surface area contributed by atoms with Crippen molar-refractivity contribution in [1.29, 1.82) is 0 Å². The molecule has 17 heavy (non-hydrogen) atoms. The molecule has 1 heterocycles. The Hall–Kier alpha value is -2.24. The van der Waals surface area contributed by atoms with Crippen molar-refractivity contribution >= 4 is 5.97 Å². The summed E-state index contributed by atoms with van der Waals surface area (Å²) >= 11 is 0. The quantitative estimate of drug-likeness (QED) is 0.824. The topological polar surface area (TPSA) is 91.8 Å². The Balaban J connectivity index is 2.33. The first kappa shape index (κ1) is 11.3. The van der Waals surface area contributed by atoms with E-state index in [4.69, 9.17) is 5.11 Å². The fourth-order valence-corrected chi connectivity index (χ4v) is 1.65. The molecule has 0 spiro atoms. The molecule has 1 atom stereocenters.